The smallest absolute Gasteiger partial charge is 0.243 e. The number of nitrogens with one attached hydrogen (secondary N) is 1. The van der Waals surface area contributed by atoms with Gasteiger partial charge in [0.2, 0.25) is 5.89 Å². The standard InChI is InChI=1S/C10H15N3O2/c14-7-4-8(11-5-7)10-12-9(13-15-10)6-2-1-3-6/h6-8,11,14H,1-5H2/t7-,8+/m1/s1. The van der Waals surface area contributed by atoms with E-state index in [0.717, 1.165) is 5.82 Å². The van der Waals surface area contributed by atoms with Crippen molar-refractivity contribution in [3.8, 4) is 0 Å². The molecule has 0 aromatic carbocycles. The van der Waals surface area contributed by atoms with Crippen LogP contribution in [0.4, 0.5) is 0 Å². The van der Waals surface area contributed by atoms with Crippen LogP contribution in [0.25, 0.3) is 0 Å². The number of aliphatic hydroxyl groups is 1. The van der Waals surface area contributed by atoms with Crippen molar-refractivity contribution in [3.05, 3.63) is 11.7 Å². The molecule has 1 saturated heterocycles. The Bertz CT molecular complexity index is 348. The van der Waals surface area contributed by atoms with Crippen molar-refractivity contribution in [2.75, 3.05) is 6.54 Å². The Balaban J connectivity index is 1.72. The van der Waals surface area contributed by atoms with Gasteiger partial charge in [-0.05, 0) is 19.3 Å². The molecule has 1 aromatic rings. The fraction of sp³-hybridized carbons (Fsp3) is 0.800. The van der Waals surface area contributed by atoms with Crippen LogP contribution in [-0.4, -0.2) is 27.9 Å². The van der Waals surface area contributed by atoms with Crippen molar-refractivity contribution in [1.29, 1.82) is 0 Å². The number of nitrogens with zero attached hydrogens (tertiary/aromatic N) is 2. The number of β-amino-alcohol motifs (C(OH)–C–C–N with tert-alkyl or cyclic N) is 1. The van der Waals surface area contributed by atoms with Gasteiger partial charge in [-0.25, -0.2) is 0 Å². The van der Waals surface area contributed by atoms with Gasteiger partial charge in [0, 0.05) is 12.5 Å². The van der Waals surface area contributed by atoms with Crippen LogP contribution < -0.4 is 5.32 Å². The zero-order chi connectivity index (χ0) is 10.3. The van der Waals surface area contributed by atoms with Gasteiger partial charge < -0.3 is 14.9 Å². The molecule has 0 spiro atoms. The molecule has 2 atom stereocenters. The first kappa shape index (κ1) is 9.30. The van der Waals surface area contributed by atoms with Gasteiger partial charge in [-0.15, -0.1) is 0 Å². The summed E-state index contributed by atoms with van der Waals surface area (Å²) in [5.74, 6) is 1.99. The van der Waals surface area contributed by atoms with Crippen molar-refractivity contribution < 1.29 is 9.63 Å². The first-order valence-electron chi connectivity index (χ1n) is 5.58. The molecule has 82 valence electrons. The molecule has 5 nitrogen and oxygen atoms in total. The summed E-state index contributed by atoms with van der Waals surface area (Å²) in [6, 6.07) is 0.0429. The maximum absolute atomic E-state index is 9.38. The molecular weight excluding hydrogens is 194 g/mol. The van der Waals surface area contributed by atoms with Crippen LogP contribution in [0.15, 0.2) is 4.52 Å². The summed E-state index contributed by atoms with van der Waals surface area (Å²) in [6.45, 7) is 0.617. The Hall–Kier alpha value is -0.940. The average molecular weight is 209 g/mol. The highest BCUT2D eigenvalue weighted by Gasteiger charge is 2.30. The van der Waals surface area contributed by atoms with Crippen LogP contribution >= 0.6 is 0 Å². The van der Waals surface area contributed by atoms with E-state index in [2.05, 4.69) is 15.5 Å². The fourth-order valence-corrected chi connectivity index (χ4v) is 2.13. The fourth-order valence-electron chi connectivity index (χ4n) is 2.13. The molecule has 2 heterocycles. The summed E-state index contributed by atoms with van der Waals surface area (Å²) in [7, 11) is 0. The molecule has 1 saturated carbocycles. The summed E-state index contributed by atoms with van der Waals surface area (Å²) in [5, 5.41) is 16.5. The van der Waals surface area contributed by atoms with Crippen molar-refractivity contribution in [3.63, 3.8) is 0 Å². The third-order valence-electron chi connectivity index (χ3n) is 3.33. The Morgan fingerprint density at radius 1 is 1.40 bits per heavy atom. The summed E-state index contributed by atoms with van der Waals surface area (Å²) >= 11 is 0. The van der Waals surface area contributed by atoms with Crippen molar-refractivity contribution in [1.82, 2.24) is 15.5 Å². The van der Waals surface area contributed by atoms with Crippen LogP contribution in [0.5, 0.6) is 0 Å². The van der Waals surface area contributed by atoms with Crippen LogP contribution in [0.3, 0.4) is 0 Å². The molecule has 2 fully saturated rings. The SMILES string of the molecule is O[C@H]1CN[C@H](c2nc(C3CCC3)no2)C1. The van der Waals surface area contributed by atoms with Gasteiger partial charge in [-0.3, -0.25) is 0 Å². The highest BCUT2D eigenvalue weighted by atomic mass is 16.5. The van der Waals surface area contributed by atoms with E-state index in [9.17, 15) is 5.11 Å². The van der Waals surface area contributed by atoms with Gasteiger partial charge in [-0.2, -0.15) is 4.98 Å². The van der Waals surface area contributed by atoms with Crippen LogP contribution in [0.2, 0.25) is 0 Å². The van der Waals surface area contributed by atoms with E-state index in [1.807, 2.05) is 0 Å². The Morgan fingerprint density at radius 3 is 2.87 bits per heavy atom. The molecule has 1 aromatic heterocycles. The molecule has 2 aliphatic rings. The zero-order valence-electron chi connectivity index (χ0n) is 8.52. The van der Waals surface area contributed by atoms with E-state index in [1.54, 1.807) is 0 Å². The van der Waals surface area contributed by atoms with Crippen LogP contribution in [0.1, 0.15) is 49.4 Å². The van der Waals surface area contributed by atoms with Crippen LogP contribution in [0, 0.1) is 0 Å². The van der Waals surface area contributed by atoms with E-state index in [0.29, 0.717) is 24.8 Å². The maximum atomic E-state index is 9.38. The third kappa shape index (κ3) is 1.66. The topological polar surface area (TPSA) is 71.2 Å². The third-order valence-corrected chi connectivity index (χ3v) is 3.33. The lowest BCUT2D eigenvalue weighted by atomic mass is 9.85. The van der Waals surface area contributed by atoms with Gasteiger partial charge in [0.1, 0.15) is 0 Å². The Morgan fingerprint density at radius 2 is 2.27 bits per heavy atom. The molecule has 0 amide bonds. The lowest BCUT2D eigenvalue weighted by Crippen LogP contribution is -2.15. The zero-order valence-corrected chi connectivity index (χ0v) is 8.52. The predicted octanol–water partition coefficient (Wildman–Crippen LogP) is 0.732. The molecule has 15 heavy (non-hydrogen) atoms. The first-order chi connectivity index (χ1) is 7.33. The van der Waals surface area contributed by atoms with E-state index in [4.69, 9.17) is 4.52 Å². The quantitative estimate of drug-likeness (QED) is 0.751. The highest BCUT2D eigenvalue weighted by Crippen LogP contribution is 2.35. The van der Waals surface area contributed by atoms with Crippen molar-refractivity contribution >= 4 is 0 Å². The number of hydrogen-bond donors (Lipinski definition) is 2. The molecule has 0 radical (unpaired) electrons. The normalized spacial score (nSPS) is 31.8. The lowest BCUT2D eigenvalue weighted by molar-refractivity contribution is 0.191. The van der Waals surface area contributed by atoms with Gasteiger partial charge in [-0.1, -0.05) is 11.6 Å². The van der Waals surface area contributed by atoms with E-state index < -0.39 is 0 Å². The first-order valence-corrected chi connectivity index (χ1v) is 5.58. The monoisotopic (exact) mass is 209 g/mol. The predicted molar refractivity (Wildman–Crippen MR) is 52.3 cm³/mol. The summed E-state index contributed by atoms with van der Waals surface area (Å²) < 4.78 is 5.22. The van der Waals surface area contributed by atoms with E-state index >= 15 is 0 Å². The Labute approximate surface area is 87.9 Å². The minimum absolute atomic E-state index is 0.0429. The maximum Gasteiger partial charge on any atom is 0.243 e. The largest absolute Gasteiger partial charge is 0.392 e. The number of aliphatic hydroxyl groups excluding tert-OH is 1. The molecule has 0 unspecified atom stereocenters. The summed E-state index contributed by atoms with van der Waals surface area (Å²) in [6.07, 6.45) is 4.02. The second-order valence-electron chi connectivity index (χ2n) is 4.47. The molecule has 2 N–H and O–H groups in total. The minimum atomic E-state index is -0.283. The Kier molecular flexibility index (Phi) is 2.21. The number of hydrogen-bond acceptors (Lipinski definition) is 5. The second-order valence-corrected chi connectivity index (χ2v) is 4.47. The van der Waals surface area contributed by atoms with Gasteiger partial charge in [0.05, 0.1) is 12.1 Å². The van der Waals surface area contributed by atoms with Gasteiger partial charge >= 0.3 is 0 Å². The van der Waals surface area contributed by atoms with Crippen molar-refractivity contribution in [2.24, 2.45) is 0 Å². The number of aromatic nitrogens is 2. The van der Waals surface area contributed by atoms with E-state index in [1.165, 1.54) is 19.3 Å². The van der Waals surface area contributed by atoms with Gasteiger partial charge in [0.15, 0.2) is 5.82 Å². The molecule has 1 aliphatic heterocycles. The minimum Gasteiger partial charge on any atom is -0.392 e. The van der Waals surface area contributed by atoms with E-state index in [-0.39, 0.29) is 12.1 Å². The number of rotatable bonds is 2. The molecule has 5 heteroatoms. The summed E-state index contributed by atoms with van der Waals surface area (Å²) in [4.78, 5) is 4.40. The molecule has 0 bridgehead atoms. The molecule has 3 rings (SSSR count). The second kappa shape index (κ2) is 3.57. The molecular formula is C10H15N3O2. The lowest BCUT2D eigenvalue weighted by Gasteiger charge is -2.21. The van der Waals surface area contributed by atoms with Crippen LogP contribution in [-0.2, 0) is 0 Å². The highest BCUT2D eigenvalue weighted by molar-refractivity contribution is 5.03. The average Bonchev–Trinajstić information content (AvgIpc) is 2.70. The summed E-state index contributed by atoms with van der Waals surface area (Å²) in [5.41, 5.74) is 0. The van der Waals surface area contributed by atoms with Crippen molar-refractivity contribution in [2.45, 2.75) is 43.7 Å². The van der Waals surface area contributed by atoms with Gasteiger partial charge in [0.25, 0.3) is 0 Å². The molecule has 1 aliphatic carbocycles.